The lowest BCUT2D eigenvalue weighted by atomic mass is 10.0. The van der Waals surface area contributed by atoms with Crippen molar-refractivity contribution in [3.63, 3.8) is 0 Å². The van der Waals surface area contributed by atoms with Gasteiger partial charge >= 0.3 is 0 Å². The van der Waals surface area contributed by atoms with E-state index in [0.29, 0.717) is 0 Å². The number of hydrogen-bond donors (Lipinski definition) is 2. The molecule has 1 fully saturated rings. The first-order chi connectivity index (χ1) is 4.83. The van der Waals surface area contributed by atoms with E-state index in [9.17, 15) is 0 Å². The van der Waals surface area contributed by atoms with Crippen LogP contribution in [-0.2, 0) is 0 Å². The molecule has 0 aromatic rings. The summed E-state index contributed by atoms with van der Waals surface area (Å²) in [6, 6.07) is 0. The van der Waals surface area contributed by atoms with Gasteiger partial charge in [0.25, 0.3) is 0 Å². The van der Waals surface area contributed by atoms with Gasteiger partial charge in [0, 0.05) is 6.54 Å². The molecule has 10 heavy (non-hydrogen) atoms. The quantitative estimate of drug-likeness (QED) is 0.460. The van der Waals surface area contributed by atoms with Crippen molar-refractivity contribution in [1.82, 2.24) is 5.43 Å². The van der Waals surface area contributed by atoms with Crippen LogP contribution >= 0.6 is 0 Å². The molecule has 2 heteroatoms. The Hall–Kier alpha value is -0.0800. The van der Waals surface area contributed by atoms with Crippen LogP contribution < -0.4 is 11.3 Å². The first-order valence-electron chi connectivity index (χ1n) is 4.26. The van der Waals surface area contributed by atoms with Crippen molar-refractivity contribution < 1.29 is 0 Å². The van der Waals surface area contributed by atoms with Crippen LogP contribution in [0.3, 0.4) is 0 Å². The maximum Gasteiger partial charge on any atom is 0.01000 e. The lowest BCUT2D eigenvalue weighted by molar-refractivity contribution is 0.464. The summed E-state index contributed by atoms with van der Waals surface area (Å²) in [5.41, 5.74) is 2.71. The molecule has 3 N–H and O–H groups in total. The SMILES string of the molecule is CC1CCC(CCNN)C1. The van der Waals surface area contributed by atoms with Gasteiger partial charge < -0.3 is 0 Å². The van der Waals surface area contributed by atoms with Gasteiger partial charge in [-0.2, -0.15) is 0 Å². The van der Waals surface area contributed by atoms with Gasteiger partial charge in [0.05, 0.1) is 0 Å². The van der Waals surface area contributed by atoms with Gasteiger partial charge in [-0.15, -0.1) is 0 Å². The van der Waals surface area contributed by atoms with Gasteiger partial charge in [0.1, 0.15) is 0 Å². The van der Waals surface area contributed by atoms with E-state index in [-0.39, 0.29) is 0 Å². The van der Waals surface area contributed by atoms with Crippen LogP contribution in [0.4, 0.5) is 0 Å². The Balaban J connectivity index is 2.06. The second-order valence-electron chi connectivity index (χ2n) is 3.53. The van der Waals surface area contributed by atoms with Crippen LogP contribution in [0, 0.1) is 11.8 Å². The third kappa shape index (κ3) is 2.27. The topological polar surface area (TPSA) is 38.0 Å². The zero-order valence-electron chi connectivity index (χ0n) is 6.77. The van der Waals surface area contributed by atoms with Crippen molar-refractivity contribution in [2.75, 3.05) is 6.54 Å². The summed E-state index contributed by atoms with van der Waals surface area (Å²) in [7, 11) is 0. The molecule has 2 unspecified atom stereocenters. The Bertz CT molecular complexity index is 93.3. The minimum atomic E-state index is 0.950. The van der Waals surface area contributed by atoms with Crippen molar-refractivity contribution in [2.45, 2.75) is 32.6 Å². The molecule has 2 nitrogen and oxygen atoms in total. The summed E-state index contributed by atoms with van der Waals surface area (Å²) in [6.07, 6.45) is 5.53. The molecule has 0 aliphatic heterocycles. The molecule has 1 saturated carbocycles. The van der Waals surface area contributed by atoms with E-state index in [1.54, 1.807) is 0 Å². The monoisotopic (exact) mass is 142 g/mol. The van der Waals surface area contributed by atoms with E-state index in [4.69, 9.17) is 5.84 Å². The molecule has 1 aliphatic carbocycles. The molecule has 0 heterocycles. The van der Waals surface area contributed by atoms with E-state index < -0.39 is 0 Å². The molecule has 0 bridgehead atoms. The molecule has 1 aliphatic rings. The molecule has 0 amide bonds. The first kappa shape index (κ1) is 8.02. The number of nitrogens with one attached hydrogen (secondary N) is 1. The Labute approximate surface area is 63.1 Å². The van der Waals surface area contributed by atoms with Crippen LogP contribution in [0.2, 0.25) is 0 Å². The maximum absolute atomic E-state index is 5.19. The van der Waals surface area contributed by atoms with E-state index in [1.165, 1.54) is 25.7 Å². The van der Waals surface area contributed by atoms with Gasteiger partial charge in [-0.3, -0.25) is 11.3 Å². The largest absolute Gasteiger partial charge is 0.271 e. The van der Waals surface area contributed by atoms with E-state index >= 15 is 0 Å². The third-order valence-electron chi connectivity index (χ3n) is 2.50. The average Bonchev–Trinajstić information content (AvgIpc) is 2.31. The van der Waals surface area contributed by atoms with Crippen molar-refractivity contribution in [1.29, 1.82) is 0 Å². The Morgan fingerprint density at radius 3 is 2.80 bits per heavy atom. The Kier molecular flexibility index (Phi) is 3.16. The van der Waals surface area contributed by atoms with Gasteiger partial charge in [0.2, 0.25) is 0 Å². The Morgan fingerprint density at radius 1 is 1.50 bits per heavy atom. The van der Waals surface area contributed by atoms with Crippen molar-refractivity contribution in [3.05, 3.63) is 0 Å². The summed E-state index contributed by atoms with van der Waals surface area (Å²) < 4.78 is 0. The lowest BCUT2D eigenvalue weighted by Crippen LogP contribution is -2.24. The van der Waals surface area contributed by atoms with Crippen LogP contribution in [0.5, 0.6) is 0 Å². The summed E-state index contributed by atoms with van der Waals surface area (Å²) in [6.45, 7) is 3.33. The standard InChI is InChI=1S/C8H18N2/c1-7-2-3-8(6-7)4-5-10-9/h7-8,10H,2-6,9H2,1H3. The first-order valence-corrected chi connectivity index (χ1v) is 4.26. The minimum absolute atomic E-state index is 0.950. The smallest absolute Gasteiger partial charge is 0.01000 e. The summed E-state index contributed by atoms with van der Waals surface area (Å²) >= 11 is 0. The molecule has 0 saturated heterocycles. The van der Waals surface area contributed by atoms with Gasteiger partial charge in [0.15, 0.2) is 0 Å². The van der Waals surface area contributed by atoms with Crippen molar-refractivity contribution in [2.24, 2.45) is 17.7 Å². The molecular weight excluding hydrogens is 124 g/mol. The fraction of sp³-hybridized carbons (Fsp3) is 1.00. The molecular formula is C8H18N2. The molecule has 0 radical (unpaired) electrons. The van der Waals surface area contributed by atoms with Gasteiger partial charge in [-0.05, 0) is 24.7 Å². The molecule has 2 atom stereocenters. The van der Waals surface area contributed by atoms with Gasteiger partial charge in [-0.1, -0.05) is 19.8 Å². The highest BCUT2D eigenvalue weighted by Crippen LogP contribution is 2.31. The third-order valence-corrected chi connectivity index (χ3v) is 2.50. The van der Waals surface area contributed by atoms with Crippen molar-refractivity contribution >= 4 is 0 Å². The fourth-order valence-electron chi connectivity index (χ4n) is 1.87. The van der Waals surface area contributed by atoms with E-state index in [2.05, 4.69) is 12.3 Å². The zero-order chi connectivity index (χ0) is 7.40. The summed E-state index contributed by atoms with van der Waals surface area (Å²) in [4.78, 5) is 0. The molecule has 0 aromatic carbocycles. The van der Waals surface area contributed by atoms with Crippen LogP contribution in [-0.4, -0.2) is 6.54 Å². The summed E-state index contributed by atoms with van der Waals surface area (Å²) in [5.74, 6) is 7.10. The Morgan fingerprint density at radius 2 is 2.30 bits per heavy atom. The highest BCUT2D eigenvalue weighted by molar-refractivity contribution is 4.72. The minimum Gasteiger partial charge on any atom is -0.271 e. The number of hydrazine groups is 1. The zero-order valence-corrected chi connectivity index (χ0v) is 6.77. The normalized spacial score (nSPS) is 33.0. The van der Waals surface area contributed by atoms with E-state index in [1.807, 2.05) is 0 Å². The summed E-state index contributed by atoms with van der Waals surface area (Å²) in [5, 5.41) is 0. The van der Waals surface area contributed by atoms with Crippen LogP contribution in [0.1, 0.15) is 32.6 Å². The van der Waals surface area contributed by atoms with Crippen LogP contribution in [0.15, 0.2) is 0 Å². The second-order valence-corrected chi connectivity index (χ2v) is 3.53. The predicted octanol–water partition coefficient (Wildman–Crippen LogP) is 1.28. The molecule has 0 spiro atoms. The van der Waals surface area contributed by atoms with Crippen LogP contribution in [0.25, 0.3) is 0 Å². The second kappa shape index (κ2) is 3.94. The fourth-order valence-corrected chi connectivity index (χ4v) is 1.87. The van der Waals surface area contributed by atoms with Crippen molar-refractivity contribution in [3.8, 4) is 0 Å². The predicted molar refractivity (Wildman–Crippen MR) is 43.3 cm³/mol. The lowest BCUT2D eigenvalue weighted by Gasteiger charge is -2.07. The van der Waals surface area contributed by atoms with Gasteiger partial charge in [-0.25, -0.2) is 0 Å². The number of hydrogen-bond acceptors (Lipinski definition) is 2. The molecule has 1 rings (SSSR count). The van der Waals surface area contributed by atoms with E-state index in [0.717, 1.165) is 18.4 Å². The highest BCUT2D eigenvalue weighted by Gasteiger charge is 2.20. The highest BCUT2D eigenvalue weighted by atomic mass is 15.2. The maximum atomic E-state index is 5.19. The molecule has 0 aromatic heterocycles. The number of nitrogens with two attached hydrogens (primary N) is 1. The average molecular weight is 142 g/mol. The molecule has 60 valence electrons. The number of rotatable bonds is 3.